The van der Waals surface area contributed by atoms with E-state index in [1.165, 1.54) is 4.90 Å². The van der Waals surface area contributed by atoms with Crippen LogP contribution in [0, 0.1) is 5.82 Å². The van der Waals surface area contributed by atoms with E-state index in [1.54, 1.807) is 20.8 Å². The fraction of sp³-hybridized carbons (Fsp3) is 0.462. The summed E-state index contributed by atoms with van der Waals surface area (Å²) in [7, 11) is 0. The number of amides is 1. The van der Waals surface area contributed by atoms with Gasteiger partial charge in [0.25, 0.3) is 5.91 Å². The Morgan fingerprint density at radius 2 is 1.89 bits per heavy atom. The fourth-order valence-electron chi connectivity index (χ4n) is 1.81. The fourth-order valence-corrected chi connectivity index (χ4v) is 1.81. The van der Waals surface area contributed by atoms with Gasteiger partial charge in [-0.25, -0.2) is 4.39 Å². The first kappa shape index (κ1) is 15.5. The maximum Gasteiger partial charge on any atom is 0.419 e. The summed E-state index contributed by atoms with van der Waals surface area (Å²) in [5, 5.41) is 0. The molecule has 1 aromatic rings. The van der Waals surface area contributed by atoms with E-state index in [2.05, 4.69) is 0 Å². The molecule has 0 fully saturated rings. The third-order valence-corrected chi connectivity index (χ3v) is 2.76. The van der Waals surface area contributed by atoms with Crippen molar-refractivity contribution in [1.82, 2.24) is 4.90 Å². The third-order valence-electron chi connectivity index (χ3n) is 2.76. The van der Waals surface area contributed by atoms with Gasteiger partial charge < -0.3 is 4.90 Å². The highest BCUT2D eigenvalue weighted by molar-refractivity contribution is 5.94. The van der Waals surface area contributed by atoms with Crippen LogP contribution in [0.5, 0.6) is 0 Å². The van der Waals surface area contributed by atoms with Crippen molar-refractivity contribution in [2.75, 3.05) is 6.54 Å². The van der Waals surface area contributed by atoms with Gasteiger partial charge in [0, 0.05) is 12.6 Å². The van der Waals surface area contributed by atoms with Gasteiger partial charge in [-0.15, -0.1) is 0 Å². The molecule has 1 aromatic carbocycles. The molecule has 6 heteroatoms. The monoisotopic (exact) mass is 277 g/mol. The molecule has 0 unspecified atom stereocenters. The van der Waals surface area contributed by atoms with Gasteiger partial charge in [-0.2, -0.15) is 13.2 Å². The van der Waals surface area contributed by atoms with Gasteiger partial charge in [0.05, 0.1) is 11.1 Å². The van der Waals surface area contributed by atoms with Gasteiger partial charge in [-0.3, -0.25) is 4.79 Å². The topological polar surface area (TPSA) is 20.3 Å². The summed E-state index contributed by atoms with van der Waals surface area (Å²) < 4.78 is 51.5. The van der Waals surface area contributed by atoms with Crippen molar-refractivity contribution >= 4 is 5.91 Å². The van der Waals surface area contributed by atoms with E-state index in [1.807, 2.05) is 0 Å². The number of hydrogen-bond donors (Lipinski definition) is 0. The van der Waals surface area contributed by atoms with Gasteiger partial charge in [-0.1, -0.05) is 6.07 Å². The average molecular weight is 277 g/mol. The molecule has 1 rings (SSSR count). The molecule has 0 aliphatic heterocycles. The summed E-state index contributed by atoms with van der Waals surface area (Å²) in [6, 6.07) is 2.51. The molecular weight excluding hydrogens is 262 g/mol. The van der Waals surface area contributed by atoms with Crippen LogP contribution in [0.15, 0.2) is 18.2 Å². The van der Waals surface area contributed by atoms with E-state index in [0.717, 1.165) is 12.1 Å². The number of carbonyl (C=O) groups excluding carboxylic acids is 1. The van der Waals surface area contributed by atoms with Crippen molar-refractivity contribution in [3.8, 4) is 0 Å². The minimum atomic E-state index is -4.81. The Morgan fingerprint density at radius 1 is 1.32 bits per heavy atom. The van der Waals surface area contributed by atoms with Crippen molar-refractivity contribution in [1.29, 1.82) is 0 Å². The quantitative estimate of drug-likeness (QED) is 0.771. The number of rotatable bonds is 3. The molecule has 0 aliphatic rings. The number of nitrogens with zero attached hydrogens (tertiary/aromatic N) is 1. The van der Waals surface area contributed by atoms with Gasteiger partial charge in [0.1, 0.15) is 5.82 Å². The summed E-state index contributed by atoms with van der Waals surface area (Å²) in [5.41, 5.74) is -1.97. The molecule has 19 heavy (non-hydrogen) atoms. The number of halogens is 4. The van der Waals surface area contributed by atoms with Crippen LogP contribution >= 0.6 is 0 Å². The molecule has 0 atom stereocenters. The zero-order chi connectivity index (χ0) is 14.8. The van der Waals surface area contributed by atoms with Crippen LogP contribution < -0.4 is 0 Å². The van der Waals surface area contributed by atoms with Crippen molar-refractivity contribution in [2.24, 2.45) is 0 Å². The largest absolute Gasteiger partial charge is 0.419 e. The zero-order valence-electron chi connectivity index (χ0n) is 10.9. The summed E-state index contributed by atoms with van der Waals surface area (Å²) in [6.45, 7) is 5.41. The van der Waals surface area contributed by atoms with Gasteiger partial charge in [0.15, 0.2) is 0 Å². The molecule has 0 saturated carbocycles. The predicted molar refractivity (Wildman–Crippen MR) is 63.2 cm³/mol. The van der Waals surface area contributed by atoms with Crippen LogP contribution in [0.1, 0.15) is 36.7 Å². The molecule has 0 spiro atoms. The molecule has 0 aliphatic carbocycles. The van der Waals surface area contributed by atoms with E-state index in [0.29, 0.717) is 12.6 Å². The Bertz CT molecular complexity index is 468. The Hall–Kier alpha value is -1.59. The Balaban J connectivity index is 3.26. The lowest BCUT2D eigenvalue weighted by Crippen LogP contribution is -2.37. The first-order valence-electron chi connectivity index (χ1n) is 5.86. The van der Waals surface area contributed by atoms with E-state index >= 15 is 0 Å². The maximum absolute atomic E-state index is 13.8. The first-order valence-corrected chi connectivity index (χ1v) is 5.86. The van der Waals surface area contributed by atoms with Crippen molar-refractivity contribution in [3.05, 3.63) is 35.1 Å². The highest BCUT2D eigenvalue weighted by atomic mass is 19.4. The maximum atomic E-state index is 13.8. The normalized spacial score (nSPS) is 11.8. The van der Waals surface area contributed by atoms with Gasteiger partial charge in [0.2, 0.25) is 0 Å². The summed E-state index contributed by atoms with van der Waals surface area (Å²) in [4.78, 5) is 13.3. The van der Waals surface area contributed by atoms with E-state index in [4.69, 9.17) is 0 Å². The van der Waals surface area contributed by atoms with E-state index in [-0.39, 0.29) is 6.04 Å². The minimum absolute atomic E-state index is 0.216. The van der Waals surface area contributed by atoms with Crippen LogP contribution in [-0.2, 0) is 6.18 Å². The molecule has 0 heterocycles. The Labute approximate surface area is 109 Å². The number of hydrogen-bond acceptors (Lipinski definition) is 1. The summed E-state index contributed by atoms with van der Waals surface area (Å²) in [6.07, 6.45) is -4.81. The van der Waals surface area contributed by atoms with Crippen LogP contribution in [-0.4, -0.2) is 23.4 Å². The number of benzene rings is 1. The van der Waals surface area contributed by atoms with Crippen LogP contribution in [0.4, 0.5) is 17.6 Å². The average Bonchev–Trinajstić information content (AvgIpc) is 2.27. The van der Waals surface area contributed by atoms with Gasteiger partial charge in [-0.05, 0) is 32.9 Å². The Morgan fingerprint density at radius 3 is 2.32 bits per heavy atom. The lowest BCUT2D eigenvalue weighted by Gasteiger charge is -2.25. The molecule has 0 N–H and O–H groups in total. The van der Waals surface area contributed by atoms with Gasteiger partial charge >= 0.3 is 6.18 Å². The van der Waals surface area contributed by atoms with E-state index in [9.17, 15) is 22.4 Å². The predicted octanol–water partition coefficient (Wildman–Crippen LogP) is 3.72. The summed E-state index contributed by atoms with van der Waals surface area (Å²) >= 11 is 0. The molecular formula is C13H15F4NO. The molecule has 0 saturated heterocycles. The zero-order valence-corrected chi connectivity index (χ0v) is 10.9. The minimum Gasteiger partial charge on any atom is -0.336 e. The molecule has 106 valence electrons. The highest BCUT2D eigenvalue weighted by Crippen LogP contribution is 2.32. The smallest absolute Gasteiger partial charge is 0.336 e. The number of carbonyl (C=O) groups is 1. The lowest BCUT2D eigenvalue weighted by molar-refractivity contribution is -0.140. The van der Waals surface area contributed by atoms with Crippen molar-refractivity contribution in [2.45, 2.75) is 33.0 Å². The molecule has 0 radical (unpaired) electrons. The first-order chi connectivity index (χ1) is 8.70. The Kier molecular flexibility index (Phi) is 4.55. The molecule has 0 bridgehead atoms. The van der Waals surface area contributed by atoms with Crippen molar-refractivity contribution < 1.29 is 22.4 Å². The third kappa shape index (κ3) is 3.24. The standard InChI is InChI=1S/C13H15F4NO/c1-4-18(8(2)3)12(19)9-6-5-7-10(11(9)14)13(15,16)17/h5-8H,4H2,1-3H3. The van der Waals surface area contributed by atoms with Crippen LogP contribution in [0.3, 0.4) is 0 Å². The highest BCUT2D eigenvalue weighted by Gasteiger charge is 2.36. The van der Waals surface area contributed by atoms with Crippen LogP contribution in [0.2, 0.25) is 0 Å². The molecule has 1 amide bonds. The second-order valence-corrected chi connectivity index (χ2v) is 4.35. The lowest BCUT2D eigenvalue weighted by atomic mass is 10.1. The van der Waals surface area contributed by atoms with E-state index < -0.39 is 29.0 Å². The number of alkyl halides is 3. The molecule has 2 nitrogen and oxygen atoms in total. The second kappa shape index (κ2) is 5.59. The second-order valence-electron chi connectivity index (χ2n) is 4.35. The van der Waals surface area contributed by atoms with Crippen LogP contribution in [0.25, 0.3) is 0 Å². The SMILES string of the molecule is CCN(C(=O)c1cccc(C(F)(F)F)c1F)C(C)C. The molecule has 0 aromatic heterocycles. The van der Waals surface area contributed by atoms with Crippen molar-refractivity contribution in [3.63, 3.8) is 0 Å². The summed E-state index contributed by atoms with van der Waals surface area (Å²) in [5.74, 6) is -2.25.